The topological polar surface area (TPSA) is 86.8 Å². The van der Waals surface area contributed by atoms with Crippen LogP contribution in [0, 0.1) is 0 Å². The van der Waals surface area contributed by atoms with Gasteiger partial charge in [-0.3, -0.25) is 4.79 Å². The number of aliphatic hydroxyl groups is 1. The smallest absolute Gasteiger partial charge is 0.239 e. The van der Waals surface area contributed by atoms with Gasteiger partial charge in [0.2, 0.25) is 5.91 Å². The first-order valence-corrected chi connectivity index (χ1v) is 6.01. The molecule has 0 spiro atoms. The van der Waals surface area contributed by atoms with Gasteiger partial charge in [0.25, 0.3) is 0 Å². The van der Waals surface area contributed by atoms with E-state index in [0.717, 1.165) is 5.56 Å². The maximum absolute atomic E-state index is 12.0. The quantitative estimate of drug-likeness (QED) is 0.670. The van der Waals surface area contributed by atoms with Gasteiger partial charge in [-0.2, -0.15) is 0 Å². The number of likely N-dealkylation sites (N-methyl/N-ethyl adjacent to an activating group) is 1. The number of nitrogens with two attached hydrogens (primary N) is 1. The van der Waals surface area contributed by atoms with Gasteiger partial charge >= 0.3 is 0 Å². The van der Waals surface area contributed by atoms with Crippen LogP contribution in [0.1, 0.15) is 12.5 Å². The normalized spacial score (nSPS) is 12.2. The minimum atomic E-state index is -0.624. The fourth-order valence-electron chi connectivity index (χ4n) is 1.75. The van der Waals surface area contributed by atoms with Crippen molar-refractivity contribution in [2.45, 2.75) is 19.4 Å². The largest absolute Gasteiger partial charge is 0.508 e. The van der Waals surface area contributed by atoms with Gasteiger partial charge in [-0.05, 0) is 31.0 Å². The Morgan fingerprint density at radius 1 is 1.39 bits per heavy atom. The number of carbonyl (C=O) groups excluding carboxylic acids is 1. The predicted molar refractivity (Wildman–Crippen MR) is 69.1 cm³/mol. The molecule has 5 nitrogen and oxygen atoms in total. The molecule has 0 radical (unpaired) electrons. The van der Waals surface area contributed by atoms with Gasteiger partial charge in [0.1, 0.15) is 5.75 Å². The third-order valence-corrected chi connectivity index (χ3v) is 2.77. The van der Waals surface area contributed by atoms with Crippen LogP contribution < -0.4 is 5.73 Å². The van der Waals surface area contributed by atoms with Crippen LogP contribution in [-0.4, -0.2) is 46.8 Å². The van der Waals surface area contributed by atoms with Crippen molar-refractivity contribution in [1.29, 1.82) is 0 Å². The van der Waals surface area contributed by atoms with Gasteiger partial charge < -0.3 is 20.8 Å². The van der Waals surface area contributed by atoms with Crippen molar-refractivity contribution in [3.63, 3.8) is 0 Å². The van der Waals surface area contributed by atoms with Crippen LogP contribution in [-0.2, 0) is 11.2 Å². The van der Waals surface area contributed by atoms with Gasteiger partial charge in [0.15, 0.2) is 0 Å². The van der Waals surface area contributed by atoms with E-state index in [1.54, 1.807) is 24.3 Å². The van der Waals surface area contributed by atoms with Crippen molar-refractivity contribution < 1.29 is 15.0 Å². The van der Waals surface area contributed by atoms with Crippen LogP contribution >= 0.6 is 0 Å². The Bertz CT molecular complexity index is 378. The fourth-order valence-corrected chi connectivity index (χ4v) is 1.75. The number of carbonyl (C=O) groups is 1. The molecular formula is C13H20N2O3. The van der Waals surface area contributed by atoms with Crippen molar-refractivity contribution in [2.24, 2.45) is 5.73 Å². The molecule has 0 saturated heterocycles. The summed E-state index contributed by atoms with van der Waals surface area (Å²) in [4.78, 5) is 13.5. The zero-order chi connectivity index (χ0) is 13.5. The standard InChI is InChI=1S/C13H20N2O3/c1-2-15(7-8-16)13(18)12(14)9-10-3-5-11(17)6-4-10/h3-6,12,16-17H,2,7-9,14H2,1H3/t12-/m0/s1. The van der Waals surface area contributed by atoms with Crippen LogP contribution in [0.4, 0.5) is 0 Å². The van der Waals surface area contributed by atoms with Crippen LogP contribution in [0.15, 0.2) is 24.3 Å². The minimum absolute atomic E-state index is 0.0640. The molecule has 18 heavy (non-hydrogen) atoms. The summed E-state index contributed by atoms with van der Waals surface area (Å²) in [6.45, 7) is 2.62. The van der Waals surface area contributed by atoms with Crippen molar-refractivity contribution >= 4 is 5.91 Å². The highest BCUT2D eigenvalue weighted by atomic mass is 16.3. The number of rotatable bonds is 6. The monoisotopic (exact) mass is 252 g/mol. The Labute approximate surface area is 107 Å². The van der Waals surface area contributed by atoms with E-state index in [1.165, 1.54) is 4.90 Å². The molecule has 1 aromatic carbocycles. The summed E-state index contributed by atoms with van der Waals surface area (Å²) in [7, 11) is 0. The second-order valence-corrected chi connectivity index (χ2v) is 4.12. The van der Waals surface area contributed by atoms with Gasteiger partial charge in [0, 0.05) is 13.1 Å². The summed E-state index contributed by atoms with van der Waals surface area (Å²) in [6, 6.07) is 5.99. The van der Waals surface area contributed by atoms with Gasteiger partial charge in [-0.1, -0.05) is 12.1 Å². The van der Waals surface area contributed by atoms with E-state index in [0.29, 0.717) is 19.5 Å². The SMILES string of the molecule is CCN(CCO)C(=O)[C@@H](N)Cc1ccc(O)cc1. The van der Waals surface area contributed by atoms with E-state index in [9.17, 15) is 4.79 Å². The molecule has 0 bridgehead atoms. The summed E-state index contributed by atoms with van der Waals surface area (Å²) in [5.41, 5.74) is 6.76. The number of phenols is 1. The third kappa shape index (κ3) is 4.01. The van der Waals surface area contributed by atoms with Crippen LogP contribution in [0.3, 0.4) is 0 Å². The van der Waals surface area contributed by atoms with E-state index in [2.05, 4.69) is 0 Å². The zero-order valence-corrected chi connectivity index (χ0v) is 10.5. The predicted octanol–water partition coefficient (Wildman–Crippen LogP) is 0.103. The highest BCUT2D eigenvalue weighted by Gasteiger charge is 2.19. The maximum Gasteiger partial charge on any atom is 0.239 e. The molecule has 100 valence electrons. The van der Waals surface area contributed by atoms with Gasteiger partial charge in [-0.25, -0.2) is 0 Å². The molecule has 0 aromatic heterocycles. The first-order chi connectivity index (χ1) is 8.58. The minimum Gasteiger partial charge on any atom is -0.508 e. The lowest BCUT2D eigenvalue weighted by Crippen LogP contribution is -2.45. The third-order valence-electron chi connectivity index (χ3n) is 2.77. The molecule has 0 aliphatic carbocycles. The molecule has 0 aliphatic rings. The molecule has 1 atom stereocenters. The van der Waals surface area contributed by atoms with Crippen LogP contribution in [0.25, 0.3) is 0 Å². The van der Waals surface area contributed by atoms with Crippen LogP contribution in [0.2, 0.25) is 0 Å². The number of phenolic OH excluding ortho intramolecular Hbond substituents is 1. The van der Waals surface area contributed by atoms with E-state index in [4.69, 9.17) is 15.9 Å². The van der Waals surface area contributed by atoms with E-state index >= 15 is 0 Å². The second kappa shape index (κ2) is 6.98. The Morgan fingerprint density at radius 3 is 2.50 bits per heavy atom. The molecule has 0 aliphatic heterocycles. The van der Waals surface area contributed by atoms with E-state index in [1.807, 2.05) is 6.92 Å². The Hall–Kier alpha value is -1.59. The van der Waals surface area contributed by atoms with Crippen molar-refractivity contribution in [3.05, 3.63) is 29.8 Å². The number of hydrogen-bond donors (Lipinski definition) is 3. The number of nitrogens with zero attached hydrogens (tertiary/aromatic N) is 1. The summed E-state index contributed by atoms with van der Waals surface area (Å²) in [5, 5.41) is 18.0. The molecule has 4 N–H and O–H groups in total. The summed E-state index contributed by atoms with van der Waals surface area (Å²) >= 11 is 0. The molecular weight excluding hydrogens is 232 g/mol. The zero-order valence-electron chi connectivity index (χ0n) is 10.5. The first-order valence-electron chi connectivity index (χ1n) is 6.01. The lowest BCUT2D eigenvalue weighted by atomic mass is 10.1. The molecule has 1 aromatic rings. The molecule has 0 heterocycles. The number of aromatic hydroxyl groups is 1. The molecule has 0 fully saturated rings. The molecule has 1 rings (SSSR count). The molecule has 5 heteroatoms. The first kappa shape index (κ1) is 14.5. The number of aliphatic hydroxyl groups excluding tert-OH is 1. The summed E-state index contributed by atoms with van der Waals surface area (Å²) in [5.74, 6) is 0.0220. The average molecular weight is 252 g/mol. The molecule has 0 saturated carbocycles. The lowest BCUT2D eigenvalue weighted by molar-refractivity contribution is -0.132. The van der Waals surface area contributed by atoms with E-state index < -0.39 is 6.04 Å². The maximum atomic E-state index is 12.0. The summed E-state index contributed by atoms with van der Waals surface area (Å²) < 4.78 is 0. The van der Waals surface area contributed by atoms with Gasteiger partial charge in [-0.15, -0.1) is 0 Å². The summed E-state index contributed by atoms with van der Waals surface area (Å²) in [6.07, 6.45) is 0.418. The van der Waals surface area contributed by atoms with Crippen molar-refractivity contribution in [2.75, 3.05) is 19.7 Å². The molecule has 1 amide bonds. The number of hydrogen-bond acceptors (Lipinski definition) is 4. The van der Waals surface area contributed by atoms with Gasteiger partial charge in [0.05, 0.1) is 12.6 Å². The molecule has 0 unspecified atom stereocenters. The second-order valence-electron chi connectivity index (χ2n) is 4.12. The highest BCUT2D eigenvalue weighted by Crippen LogP contribution is 2.11. The number of amides is 1. The average Bonchev–Trinajstić information content (AvgIpc) is 2.37. The number of benzene rings is 1. The lowest BCUT2D eigenvalue weighted by Gasteiger charge is -2.23. The highest BCUT2D eigenvalue weighted by molar-refractivity contribution is 5.82. The van der Waals surface area contributed by atoms with Crippen molar-refractivity contribution in [3.8, 4) is 5.75 Å². The fraction of sp³-hybridized carbons (Fsp3) is 0.462. The van der Waals surface area contributed by atoms with Crippen molar-refractivity contribution in [1.82, 2.24) is 4.90 Å². The Balaban J connectivity index is 2.61. The van der Waals surface area contributed by atoms with Crippen LogP contribution in [0.5, 0.6) is 5.75 Å². The Kier molecular flexibility index (Phi) is 5.61. The Morgan fingerprint density at radius 2 is 2.00 bits per heavy atom. The van der Waals surface area contributed by atoms with E-state index in [-0.39, 0.29) is 18.3 Å².